The molecule has 0 bridgehead atoms. The molecule has 0 aliphatic heterocycles. The Morgan fingerprint density at radius 1 is 1.20 bits per heavy atom. The zero-order valence-corrected chi connectivity index (χ0v) is 10.9. The van der Waals surface area contributed by atoms with E-state index in [0.717, 1.165) is 10.7 Å². The molecule has 0 amide bonds. The minimum Gasteiger partial charge on any atom is -0.497 e. The van der Waals surface area contributed by atoms with Crippen LogP contribution in [0.15, 0.2) is 30.3 Å². The molecule has 2 rings (SSSR count). The lowest BCUT2D eigenvalue weighted by Crippen LogP contribution is -2.09. The minimum absolute atomic E-state index is 0.0688. The maximum absolute atomic E-state index is 11.8. The molecule has 0 unspecified atom stereocenters. The Morgan fingerprint density at radius 2 is 1.80 bits per heavy atom. The molecule has 0 aliphatic rings. The van der Waals surface area contributed by atoms with Crippen molar-refractivity contribution in [3.63, 3.8) is 0 Å². The molecule has 1 heterocycles. The highest BCUT2D eigenvalue weighted by atomic mass is 16.5. The number of aromatic nitrogens is 2. The Bertz CT molecular complexity index is 645. The summed E-state index contributed by atoms with van der Waals surface area (Å²) in [6, 6.07) is 7.58. The van der Waals surface area contributed by atoms with Gasteiger partial charge in [0, 0.05) is 13.1 Å². The predicted octanol–water partition coefficient (Wildman–Crippen LogP) is 1.35. The molecule has 7 nitrogen and oxygen atoms in total. The molecule has 1 N–H and O–H groups in total. The van der Waals surface area contributed by atoms with Crippen molar-refractivity contribution in [1.82, 2.24) is 9.78 Å². The van der Waals surface area contributed by atoms with Crippen LogP contribution >= 0.6 is 0 Å². The third-order valence-electron chi connectivity index (χ3n) is 2.58. The van der Waals surface area contributed by atoms with Crippen molar-refractivity contribution in [2.24, 2.45) is 7.05 Å². The van der Waals surface area contributed by atoms with Crippen LogP contribution in [0, 0.1) is 0 Å². The van der Waals surface area contributed by atoms with Crippen LogP contribution in [0.2, 0.25) is 0 Å². The average molecular weight is 276 g/mol. The number of aryl methyl sites for hydroxylation is 1. The van der Waals surface area contributed by atoms with Crippen LogP contribution in [0.4, 0.5) is 0 Å². The first kappa shape index (κ1) is 13.6. The maximum Gasteiger partial charge on any atom is 0.364 e. The van der Waals surface area contributed by atoms with Crippen molar-refractivity contribution >= 4 is 11.9 Å². The number of ether oxygens (including phenoxy) is 2. The molecule has 1 aromatic heterocycles. The fourth-order valence-corrected chi connectivity index (χ4v) is 1.57. The summed E-state index contributed by atoms with van der Waals surface area (Å²) in [4.78, 5) is 22.7. The summed E-state index contributed by atoms with van der Waals surface area (Å²) < 4.78 is 11.2. The number of benzene rings is 1. The number of methoxy groups -OCH3 is 1. The number of carboxylic acid groups (broad SMARTS) is 1. The molecule has 0 saturated carbocycles. The quantitative estimate of drug-likeness (QED) is 0.669. The maximum atomic E-state index is 11.8. The fourth-order valence-electron chi connectivity index (χ4n) is 1.57. The smallest absolute Gasteiger partial charge is 0.364 e. The number of aromatic carboxylic acids is 1. The molecule has 2 aromatic rings. The van der Waals surface area contributed by atoms with Gasteiger partial charge in [-0.25, -0.2) is 9.59 Å². The van der Waals surface area contributed by atoms with E-state index in [2.05, 4.69) is 5.10 Å². The van der Waals surface area contributed by atoms with Crippen LogP contribution in [0.3, 0.4) is 0 Å². The van der Waals surface area contributed by atoms with Gasteiger partial charge >= 0.3 is 11.9 Å². The predicted molar refractivity (Wildman–Crippen MR) is 68.1 cm³/mol. The van der Waals surface area contributed by atoms with Gasteiger partial charge in [0.15, 0.2) is 5.69 Å². The van der Waals surface area contributed by atoms with E-state index in [4.69, 9.17) is 14.6 Å². The van der Waals surface area contributed by atoms with Crippen molar-refractivity contribution in [2.75, 3.05) is 7.11 Å². The topological polar surface area (TPSA) is 90.6 Å². The average Bonchev–Trinajstić information content (AvgIpc) is 2.82. The van der Waals surface area contributed by atoms with E-state index in [0.29, 0.717) is 11.5 Å². The fraction of sp³-hybridized carbons (Fsp3) is 0.154. The van der Waals surface area contributed by atoms with Crippen molar-refractivity contribution in [3.05, 3.63) is 41.7 Å². The first-order valence-corrected chi connectivity index (χ1v) is 5.65. The number of carbonyl (C=O) groups excluding carboxylic acids is 1. The zero-order valence-electron chi connectivity index (χ0n) is 10.9. The summed E-state index contributed by atoms with van der Waals surface area (Å²) >= 11 is 0. The van der Waals surface area contributed by atoms with Crippen molar-refractivity contribution in [1.29, 1.82) is 0 Å². The van der Waals surface area contributed by atoms with Gasteiger partial charge in [-0.15, -0.1) is 0 Å². The van der Waals surface area contributed by atoms with Crippen molar-refractivity contribution in [3.8, 4) is 11.5 Å². The molecule has 7 heteroatoms. The molecular formula is C13H12N2O5. The van der Waals surface area contributed by atoms with Gasteiger partial charge in [0.05, 0.1) is 7.11 Å². The van der Waals surface area contributed by atoms with Crippen LogP contribution < -0.4 is 9.47 Å². The summed E-state index contributed by atoms with van der Waals surface area (Å²) in [5, 5.41) is 12.7. The highest BCUT2D eigenvalue weighted by molar-refractivity contribution is 5.93. The highest BCUT2D eigenvalue weighted by Gasteiger charge is 2.18. The van der Waals surface area contributed by atoms with Crippen LogP contribution in [0.5, 0.6) is 11.5 Å². The summed E-state index contributed by atoms with van der Waals surface area (Å²) in [6.07, 6.45) is 0. The largest absolute Gasteiger partial charge is 0.497 e. The lowest BCUT2D eigenvalue weighted by molar-refractivity contribution is 0.0683. The Labute approximate surface area is 114 Å². The molecular weight excluding hydrogens is 264 g/mol. The molecule has 0 fully saturated rings. The first-order chi connectivity index (χ1) is 9.51. The molecule has 1 aromatic carbocycles. The van der Waals surface area contributed by atoms with Crippen LogP contribution in [0.25, 0.3) is 0 Å². The van der Waals surface area contributed by atoms with Crippen molar-refractivity contribution < 1.29 is 24.2 Å². The summed E-state index contributed by atoms with van der Waals surface area (Å²) in [7, 11) is 2.97. The van der Waals surface area contributed by atoms with E-state index in [1.54, 1.807) is 24.3 Å². The van der Waals surface area contributed by atoms with E-state index in [-0.39, 0.29) is 11.4 Å². The Kier molecular flexibility index (Phi) is 3.69. The Hall–Kier alpha value is -2.83. The van der Waals surface area contributed by atoms with Gasteiger partial charge in [0.2, 0.25) is 0 Å². The number of hydrogen-bond acceptors (Lipinski definition) is 5. The lowest BCUT2D eigenvalue weighted by atomic mass is 10.3. The van der Waals surface area contributed by atoms with E-state index in [9.17, 15) is 9.59 Å². The van der Waals surface area contributed by atoms with Crippen LogP contribution in [-0.2, 0) is 7.05 Å². The van der Waals surface area contributed by atoms with Gasteiger partial charge in [-0.05, 0) is 24.3 Å². The third kappa shape index (κ3) is 2.77. The van der Waals surface area contributed by atoms with E-state index >= 15 is 0 Å². The Morgan fingerprint density at radius 3 is 2.30 bits per heavy atom. The molecule has 0 spiro atoms. The van der Waals surface area contributed by atoms with Crippen LogP contribution in [0.1, 0.15) is 21.0 Å². The van der Waals surface area contributed by atoms with Crippen LogP contribution in [-0.4, -0.2) is 33.9 Å². The standard InChI is InChI=1S/C13H12N2O5/c1-15-11(12(16)17)7-10(14-15)13(18)20-9-5-3-8(19-2)4-6-9/h3-7H,1-2H3,(H,16,17). The van der Waals surface area contributed by atoms with Gasteiger partial charge in [-0.3, -0.25) is 4.68 Å². The molecule has 0 atom stereocenters. The molecule has 0 aliphatic carbocycles. The number of carbonyl (C=O) groups is 2. The van der Waals surface area contributed by atoms with Gasteiger partial charge in [-0.1, -0.05) is 0 Å². The van der Waals surface area contributed by atoms with Gasteiger partial charge in [-0.2, -0.15) is 5.10 Å². The van der Waals surface area contributed by atoms with E-state index in [1.807, 2.05) is 0 Å². The van der Waals surface area contributed by atoms with Crippen molar-refractivity contribution in [2.45, 2.75) is 0 Å². The normalized spacial score (nSPS) is 10.1. The SMILES string of the molecule is COc1ccc(OC(=O)c2cc(C(=O)O)n(C)n2)cc1. The van der Waals surface area contributed by atoms with Gasteiger partial charge in [0.25, 0.3) is 0 Å². The second kappa shape index (κ2) is 5.43. The zero-order chi connectivity index (χ0) is 14.7. The van der Waals surface area contributed by atoms with Gasteiger partial charge in [0.1, 0.15) is 17.2 Å². The van der Waals surface area contributed by atoms with E-state index in [1.165, 1.54) is 14.2 Å². The highest BCUT2D eigenvalue weighted by Crippen LogP contribution is 2.18. The third-order valence-corrected chi connectivity index (χ3v) is 2.58. The Balaban J connectivity index is 2.15. The minimum atomic E-state index is -1.16. The monoisotopic (exact) mass is 276 g/mol. The number of hydrogen-bond donors (Lipinski definition) is 1. The number of nitrogens with zero attached hydrogens (tertiary/aromatic N) is 2. The molecule has 104 valence electrons. The van der Waals surface area contributed by atoms with Gasteiger partial charge < -0.3 is 14.6 Å². The van der Waals surface area contributed by atoms with E-state index < -0.39 is 11.9 Å². The second-order valence-electron chi connectivity index (χ2n) is 3.91. The summed E-state index contributed by atoms with van der Waals surface area (Å²) in [5.41, 5.74) is -0.160. The number of esters is 1. The first-order valence-electron chi connectivity index (χ1n) is 5.65. The number of carboxylic acids is 1. The second-order valence-corrected chi connectivity index (χ2v) is 3.91. The lowest BCUT2D eigenvalue weighted by Gasteiger charge is -2.03. The number of rotatable bonds is 4. The molecule has 20 heavy (non-hydrogen) atoms. The summed E-state index contributed by atoms with van der Waals surface area (Å²) in [6.45, 7) is 0. The summed E-state index contributed by atoms with van der Waals surface area (Å²) in [5.74, 6) is -0.934. The molecule has 0 radical (unpaired) electrons. The molecule has 0 saturated heterocycles.